The number of benzene rings is 9. The van der Waals surface area contributed by atoms with Gasteiger partial charge in [0.25, 0.3) is 0 Å². The van der Waals surface area contributed by atoms with Crippen molar-refractivity contribution in [2.75, 3.05) is 0 Å². The molecule has 0 aliphatic rings. The molecular formula is C58H36N4O. The predicted octanol–water partition coefficient (Wildman–Crippen LogP) is 15.1. The summed E-state index contributed by atoms with van der Waals surface area (Å²) in [6.45, 7) is 0. The van der Waals surface area contributed by atoms with E-state index in [-0.39, 0.29) is 0 Å². The first-order valence-corrected chi connectivity index (χ1v) is 21.1. The highest BCUT2D eigenvalue weighted by Crippen LogP contribution is 2.44. The molecule has 0 saturated heterocycles. The molecule has 12 rings (SSSR count). The molecule has 0 unspecified atom stereocenters. The smallest absolute Gasteiger partial charge is 0.164 e. The number of furan rings is 1. The molecule has 5 nitrogen and oxygen atoms in total. The van der Waals surface area contributed by atoms with Crippen LogP contribution >= 0.6 is 0 Å². The van der Waals surface area contributed by atoms with Crippen LogP contribution in [0.4, 0.5) is 0 Å². The lowest BCUT2D eigenvalue weighted by molar-refractivity contribution is 0.672. The fourth-order valence-electron chi connectivity index (χ4n) is 8.82. The molecule has 3 aromatic heterocycles. The van der Waals surface area contributed by atoms with Gasteiger partial charge in [-0.2, -0.15) is 0 Å². The van der Waals surface area contributed by atoms with Crippen LogP contribution in [0.5, 0.6) is 0 Å². The summed E-state index contributed by atoms with van der Waals surface area (Å²) in [6.07, 6.45) is 0. The maximum absolute atomic E-state index is 6.80. The van der Waals surface area contributed by atoms with Crippen molar-refractivity contribution in [3.05, 3.63) is 218 Å². The number of pyridine rings is 1. The van der Waals surface area contributed by atoms with Crippen molar-refractivity contribution in [1.29, 1.82) is 0 Å². The van der Waals surface area contributed by atoms with Crippen molar-refractivity contribution in [1.82, 2.24) is 19.9 Å². The number of nitrogens with zero attached hydrogens (tertiary/aromatic N) is 4. The monoisotopic (exact) mass is 804 g/mol. The normalized spacial score (nSPS) is 11.5. The van der Waals surface area contributed by atoms with Gasteiger partial charge in [-0.3, -0.25) is 0 Å². The second-order valence-electron chi connectivity index (χ2n) is 15.8. The Morgan fingerprint density at radius 3 is 1.33 bits per heavy atom. The van der Waals surface area contributed by atoms with Gasteiger partial charge in [-0.05, 0) is 56.3 Å². The highest BCUT2D eigenvalue weighted by atomic mass is 16.3. The van der Waals surface area contributed by atoms with Gasteiger partial charge in [-0.25, -0.2) is 19.9 Å². The zero-order chi connectivity index (χ0) is 41.7. The number of rotatable bonds is 7. The fraction of sp³-hybridized carbons (Fsp3) is 0. The van der Waals surface area contributed by atoms with Gasteiger partial charge in [0.1, 0.15) is 11.2 Å². The first-order valence-electron chi connectivity index (χ1n) is 21.1. The lowest BCUT2D eigenvalue weighted by atomic mass is 9.93. The Labute approximate surface area is 363 Å². The largest absolute Gasteiger partial charge is 0.455 e. The molecule has 0 saturated carbocycles. The second kappa shape index (κ2) is 15.2. The van der Waals surface area contributed by atoms with Gasteiger partial charge < -0.3 is 4.42 Å². The third-order valence-corrected chi connectivity index (χ3v) is 12.0. The van der Waals surface area contributed by atoms with E-state index in [1.165, 1.54) is 10.8 Å². The van der Waals surface area contributed by atoms with Crippen molar-refractivity contribution >= 4 is 43.6 Å². The first-order chi connectivity index (χ1) is 31.2. The Morgan fingerprint density at radius 1 is 0.286 bits per heavy atom. The Balaban J connectivity index is 0.983. The lowest BCUT2D eigenvalue weighted by Gasteiger charge is -2.13. The van der Waals surface area contributed by atoms with Gasteiger partial charge in [0.05, 0.1) is 22.0 Å². The topological polar surface area (TPSA) is 64.7 Å². The Morgan fingerprint density at radius 2 is 0.730 bits per heavy atom. The highest BCUT2D eigenvalue weighted by molar-refractivity contribution is 6.23. The SMILES string of the molecule is c1ccc(-c2ccc(-c3nc(-c4ccc(-c5ccccc5)cc4)nc(-c4ccc(-c5nc6cccc(-c7cccc8ccccc78)c6c6oc7ccccc7c56)cc4)n3)cc2)cc1. The molecule has 0 atom stereocenters. The third kappa shape index (κ3) is 6.51. The van der Waals surface area contributed by atoms with Crippen LogP contribution in [-0.2, 0) is 0 Å². The molecule has 12 aromatic rings. The van der Waals surface area contributed by atoms with Crippen LogP contribution in [0.2, 0.25) is 0 Å². The van der Waals surface area contributed by atoms with Gasteiger partial charge in [0, 0.05) is 27.6 Å². The summed E-state index contributed by atoms with van der Waals surface area (Å²) >= 11 is 0. The van der Waals surface area contributed by atoms with Crippen LogP contribution in [0.3, 0.4) is 0 Å². The van der Waals surface area contributed by atoms with E-state index in [0.29, 0.717) is 17.5 Å². The van der Waals surface area contributed by atoms with Crippen LogP contribution in [0.1, 0.15) is 0 Å². The zero-order valence-corrected chi connectivity index (χ0v) is 34.0. The molecule has 5 heteroatoms. The summed E-state index contributed by atoms with van der Waals surface area (Å²) in [5.74, 6) is 1.80. The molecule has 9 aromatic carbocycles. The minimum atomic E-state index is 0.589. The Kier molecular flexibility index (Phi) is 8.75. The van der Waals surface area contributed by atoms with E-state index in [1.807, 2.05) is 24.3 Å². The summed E-state index contributed by atoms with van der Waals surface area (Å²) in [5, 5.41) is 5.39. The van der Waals surface area contributed by atoms with E-state index < -0.39 is 0 Å². The van der Waals surface area contributed by atoms with Crippen LogP contribution < -0.4 is 0 Å². The van der Waals surface area contributed by atoms with E-state index in [2.05, 4.69) is 194 Å². The van der Waals surface area contributed by atoms with Gasteiger partial charge in [0.15, 0.2) is 17.5 Å². The van der Waals surface area contributed by atoms with Gasteiger partial charge in [0.2, 0.25) is 0 Å². The summed E-state index contributed by atoms with van der Waals surface area (Å²) in [6, 6.07) is 75.6. The van der Waals surface area contributed by atoms with Crippen LogP contribution in [-0.4, -0.2) is 19.9 Å². The van der Waals surface area contributed by atoms with Crippen molar-refractivity contribution < 1.29 is 4.42 Å². The first kappa shape index (κ1) is 36.3. The Bertz CT molecular complexity index is 3530. The quantitative estimate of drug-likeness (QED) is 0.161. The van der Waals surface area contributed by atoms with Gasteiger partial charge >= 0.3 is 0 Å². The van der Waals surface area contributed by atoms with Gasteiger partial charge in [-0.15, -0.1) is 0 Å². The molecular weight excluding hydrogens is 769 g/mol. The summed E-state index contributed by atoms with van der Waals surface area (Å²) in [7, 11) is 0. The molecule has 0 bridgehead atoms. The molecule has 0 aliphatic carbocycles. The van der Waals surface area contributed by atoms with Crippen molar-refractivity contribution in [3.8, 4) is 78.8 Å². The number of fused-ring (bicyclic) bond motifs is 6. The fourth-order valence-corrected chi connectivity index (χ4v) is 8.82. The predicted molar refractivity (Wildman–Crippen MR) is 258 cm³/mol. The number of hydrogen-bond donors (Lipinski definition) is 0. The van der Waals surface area contributed by atoms with Crippen LogP contribution in [0.15, 0.2) is 223 Å². The zero-order valence-electron chi connectivity index (χ0n) is 34.0. The average molecular weight is 805 g/mol. The van der Waals surface area contributed by atoms with Crippen molar-refractivity contribution in [2.45, 2.75) is 0 Å². The summed E-state index contributed by atoms with van der Waals surface area (Å²) in [5.41, 5.74) is 13.9. The molecule has 294 valence electrons. The van der Waals surface area contributed by atoms with E-state index in [1.54, 1.807) is 0 Å². The molecule has 63 heavy (non-hydrogen) atoms. The maximum Gasteiger partial charge on any atom is 0.164 e. The standard InChI is InChI=1S/C58H36N4O/c1-3-13-37(14-4-1)39-25-31-43(32-26-39)56-60-57(44-33-27-40(28-34-44)38-15-5-2-6-16-38)62-58(61-56)45-35-29-42(30-36-45)54-53-49-20-9-10-24-51(49)63-55(53)52-48(22-12-23-50(52)59-54)47-21-11-18-41-17-7-8-19-46(41)47/h1-36H. The van der Waals surface area contributed by atoms with Crippen LogP contribution in [0, 0.1) is 0 Å². The third-order valence-electron chi connectivity index (χ3n) is 12.0. The minimum absolute atomic E-state index is 0.589. The minimum Gasteiger partial charge on any atom is -0.455 e. The lowest BCUT2D eigenvalue weighted by Crippen LogP contribution is -2.00. The molecule has 0 amide bonds. The van der Waals surface area contributed by atoms with E-state index in [4.69, 9.17) is 24.4 Å². The van der Waals surface area contributed by atoms with E-state index in [9.17, 15) is 0 Å². The van der Waals surface area contributed by atoms with Crippen LogP contribution in [0.25, 0.3) is 122 Å². The molecule has 0 radical (unpaired) electrons. The maximum atomic E-state index is 6.80. The molecule has 0 aliphatic heterocycles. The van der Waals surface area contributed by atoms with Gasteiger partial charge in [-0.1, -0.05) is 206 Å². The average Bonchev–Trinajstić information content (AvgIpc) is 3.76. The number of hydrogen-bond acceptors (Lipinski definition) is 5. The molecule has 3 heterocycles. The molecule has 0 spiro atoms. The molecule has 0 N–H and O–H groups in total. The highest BCUT2D eigenvalue weighted by Gasteiger charge is 2.21. The van der Waals surface area contributed by atoms with Crippen molar-refractivity contribution in [3.63, 3.8) is 0 Å². The molecule has 0 fully saturated rings. The Hall–Kier alpha value is -8.54. The summed E-state index contributed by atoms with van der Waals surface area (Å²) in [4.78, 5) is 20.7. The van der Waals surface area contributed by atoms with E-state index in [0.717, 1.165) is 94.2 Å². The summed E-state index contributed by atoms with van der Waals surface area (Å²) < 4.78 is 6.80. The number of para-hydroxylation sites is 1. The van der Waals surface area contributed by atoms with E-state index >= 15 is 0 Å². The number of aromatic nitrogens is 4. The van der Waals surface area contributed by atoms with Crippen molar-refractivity contribution in [2.24, 2.45) is 0 Å². The second-order valence-corrected chi connectivity index (χ2v) is 15.8.